The van der Waals surface area contributed by atoms with Gasteiger partial charge in [-0.3, -0.25) is 4.98 Å². The van der Waals surface area contributed by atoms with Gasteiger partial charge in [0.1, 0.15) is 0 Å². The minimum atomic E-state index is 0.436. The molecule has 3 heteroatoms. The van der Waals surface area contributed by atoms with Crippen molar-refractivity contribution in [2.75, 3.05) is 6.61 Å². The van der Waals surface area contributed by atoms with E-state index in [0.29, 0.717) is 12.0 Å². The Labute approximate surface area is 141 Å². The summed E-state index contributed by atoms with van der Waals surface area (Å²) in [5.41, 5.74) is 7.52. The molecular weight excluding hydrogens is 296 g/mol. The molecule has 0 bridgehead atoms. The number of fused-ring (bicyclic) bond motifs is 3. The summed E-state index contributed by atoms with van der Waals surface area (Å²) in [5.74, 6) is 0.499. The van der Waals surface area contributed by atoms with Crippen molar-refractivity contribution in [2.24, 2.45) is 0 Å². The molecule has 1 aliphatic carbocycles. The van der Waals surface area contributed by atoms with Crippen molar-refractivity contribution in [3.05, 3.63) is 65.5 Å². The molecule has 0 saturated carbocycles. The number of ether oxygens (including phenoxy) is 1. The van der Waals surface area contributed by atoms with Crippen LogP contribution in [-0.4, -0.2) is 22.3 Å². The second kappa shape index (κ2) is 5.32. The summed E-state index contributed by atoms with van der Waals surface area (Å²) in [4.78, 5) is 4.65. The Morgan fingerprint density at radius 2 is 2.04 bits per heavy atom. The summed E-state index contributed by atoms with van der Waals surface area (Å²) >= 11 is 0. The quantitative estimate of drug-likeness (QED) is 0.667. The Morgan fingerprint density at radius 3 is 2.83 bits per heavy atom. The van der Waals surface area contributed by atoms with Crippen molar-refractivity contribution in [3.63, 3.8) is 0 Å². The fourth-order valence-electron chi connectivity index (χ4n) is 3.82. The van der Waals surface area contributed by atoms with Gasteiger partial charge in [0, 0.05) is 35.5 Å². The molecular formula is C21H20N2O. The Kier molecular flexibility index (Phi) is 3.10. The van der Waals surface area contributed by atoms with Gasteiger partial charge >= 0.3 is 0 Å². The van der Waals surface area contributed by atoms with Crippen LogP contribution in [0.3, 0.4) is 0 Å². The molecule has 1 aliphatic heterocycles. The van der Waals surface area contributed by atoms with Gasteiger partial charge in [-0.25, -0.2) is 0 Å². The van der Waals surface area contributed by atoms with Gasteiger partial charge in [0.25, 0.3) is 0 Å². The molecule has 0 N–H and O–H groups in total. The molecule has 1 fully saturated rings. The van der Waals surface area contributed by atoms with Crippen molar-refractivity contribution in [3.8, 4) is 5.69 Å². The van der Waals surface area contributed by atoms with Gasteiger partial charge in [0.15, 0.2) is 0 Å². The summed E-state index contributed by atoms with van der Waals surface area (Å²) in [6.45, 7) is 3.21. The lowest BCUT2D eigenvalue weighted by Crippen LogP contribution is -2.07. The fourth-order valence-corrected chi connectivity index (χ4v) is 3.82. The zero-order valence-corrected chi connectivity index (χ0v) is 13.8. The Bertz CT molecular complexity index is 932. The molecule has 0 amide bonds. The number of hydrogen-bond donors (Lipinski definition) is 0. The maximum Gasteiger partial charge on any atom is 0.0959 e. The molecule has 3 nitrogen and oxygen atoms in total. The first-order valence-corrected chi connectivity index (χ1v) is 8.68. The molecule has 1 saturated heterocycles. The number of allylic oxidation sites excluding steroid dienone is 1. The maximum absolute atomic E-state index is 5.34. The molecule has 5 rings (SSSR count). The highest BCUT2D eigenvalue weighted by Gasteiger charge is 2.25. The number of hydrogen-bond acceptors (Lipinski definition) is 2. The Hall–Kier alpha value is -2.39. The number of benzene rings is 1. The number of aromatic nitrogens is 2. The fraction of sp³-hybridized carbons (Fsp3) is 0.286. The monoisotopic (exact) mass is 316 g/mol. The zero-order valence-electron chi connectivity index (χ0n) is 13.8. The molecule has 2 aromatic heterocycles. The van der Waals surface area contributed by atoms with Gasteiger partial charge in [-0.1, -0.05) is 31.2 Å². The SMILES string of the molecule is CC1CC=Cc2c1n(-c1ccc(CC3CO3)cc1)c1cccnc21. The summed E-state index contributed by atoms with van der Waals surface area (Å²) in [6, 6.07) is 13.1. The molecule has 1 aromatic carbocycles. The molecule has 3 aromatic rings. The third-order valence-electron chi connectivity index (χ3n) is 5.10. The van der Waals surface area contributed by atoms with Crippen LogP contribution in [0.2, 0.25) is 0 Å². The van der Waals surface area contributed by atoms with Crippen molar-refractivity contribution >= 4 is 17.1 Å². The van der Waals surface area contributed by atoms with E-state index in [4.69, 9.17) is 4.74 Å². The molecule has 2 aliphatic rings. The molecule has 120 valence electrons. The van der Waals surface area contributed by atoms with Crippen LogP contribution in [0.4, 0.5) is 0 Å². The van der Waals surface area contributed by atoms with Crippen molar-refractivity contribution in [1.29, 1.82) is 0 Å². The average molecular weight is 316 g/mol. The van der Waals surface area contributed by atoms with Crippen LogP contribution in [0.5, 0.6) is 0 Å². The molecule has 0 spiro atoms. The second-order valence-electron chi connectivity index (χ2n) is 6.87. The van der Waals surface area contributed by atoms with E-state index in [1.54, 1.807) is 0 Å². The lowest BCUT2D eigenvalue weighted by Gasteiger charge is -2.19. The normalized spacial score (nSPS) is 21.9. The van der Waals surface area contributed by atoms with Gasteiger partial charge in [0.2, 0.25) is 0 Å². The minimum Gasteiger partial charge on any atom is -0.373 e. The van der Waals surface area contributed by atoms with Gasteiger partial charge in [-0.15, -0.1) is 0 Å². The molecule has 24 heavy (non-hydrogen) atoms. The van der Waals surface area contributed by atoms with E-state index in [1.165, 1.54) is 28.0 Å². The predicted molar refractivity (Wildman–Crippen MR) is 96.6 cm³/mol. The van der Waals surface area contributed by atoms with Gasteiger partial charge < -0.3 is 9.30 Å². The number of rotatable bonds is 3. The Morgan fingerprint density at radius 1 is 1.21 bits per heavy atom. The van der Waals surface area contributed by atoms with Crippen LogP contribution in [-0.2, 0) is 11.2 Å². The van der Waals surface area contributed by atoms with Crippen LogP contribution < -0.4 is 0 Å². The van der Waals surface area contributed by atoms with Gasteiger partial charge in [-0.2, -0.15) is 0 Å². The molecule has 2 unspecified atom stereocenters. The third-order valence-corrected chi connectivity index (χ3v) is 5.10. The zero-order chi connectivity index (χ0) is 16.1. The second-order valence-corrected chi connectivity index (χ2v) is 6.87. The average Bonchev–Trinajstić information content (AvgIpc) is 3.36. The minimum absolute atomic E-state index is 0.436. The lowest BCUT2D eigenvalue weighted by molar-refractivity contribution is 0.407. The summed E-state index contributed by atoms with van der Waals surface area (Å²) in [7, 11) is 0. The summed E-state index contributed by atoms with van der Waals surface area (Å²) in [6.07, 6.45) is 8.93. The first-order valence-electron chi connectivity index (χ1n) is 8.68. The summed E-state index contributed by atoms with van der Waals surface area (Å²) < 4.78 is 7.73. The highest BCUT2D eigenvalue weighted by molar-refractivity contribution is 5.90. The predicted octanol–water partition coefficient (Wildman–Crippen LogP) is 4.49. The van der Waals surface area contributed by atoms with E-state index in [2.05, 4.69) is 59.0 Å². The van der Waals surface area contributed by atoms with Crippen LogP contribution in [0.1, 0.15) is 36.1 Å². The molecule has 0 radical (unpaired) electrons. The smallest absolute Gasteiger partial charge is 0.0959 e. The summed E-state index contributed by atoms with van der Waals surface area (Å²) in [5, 5.41) is 0. The van der Waals surface area contributed by atoms with Crippen LogP contribution in [0.15, 0.2) is 48.7 Å². The number of pyridine rings is 1. The van der Waals surface area contributed by atoms with Crippen LogP contribution in [0, 0.1) is 0 Å². The first kappa shape index (κ1) is 14.0. The van der Waals surface area contributed by atoms with Crippen molar-refractivity contribution < 1.29 is 4.74 Å². The highest BCUT2D eigenvalue weighted by Crippen LogP contribution is 2.38. The maximum atomic E-state index is 5.34. The van der Waals surface area contributed by atoms with Gasteiger partial charge in [-0.05, 0) is 36.2 Å². The number of nitrogens with zero attached hydrogens (tertiary/aromatic N) is 2. The van der Waals surface area contributed by atoms with E-state index in [0.717, 1.165) is 25.0 Å². The van der Waals surface area contributed by atoms with E-state index < -0.39 is 0 Å². The molecule has 3 heterocycles. The third kappa shape index (κ3) is 2.20. The standard InChI is InChI=1S/C21H20N2O/c1-14-4-2-5-18-20-19(6-3-11-22-20)23(21(14)18)16-9-7-15(8-10-16)12-17-13-24-17/h2-3,5-11,14,17H,4,12-13H2,1H3. The first-order chi connectivity index (χ1) is 11.8. The highest BCUT2D eigenvalue weighted by atomic mass is 16.6. The van der Waals surface area contributed by atoms with Crippen molar-refractivity contribution in [1.82, 2.24) is 9.55 Å². The number of epoxide rings is 1. The van der Waals surface area contributed by atoms with E-state index in [1.807, 2.05) is 12.3 Å². The van der Waals surface area contributed by atoms with E-state index >= 15 is 0 Å². The van der Waals surface area contributed by atoms with E-state index in [9.17, 15) is 0 Å². The largest absolute Gasteiger partial charge is 0.373 e. The molecule has 2 atom stereocenters. The van der Waals surface area contributed by atoms with Gasteiger partial charge in [0.05, 0.1) is 23.7 Å². The lowest BCUT2D eigenvalue weighted by atomic mass is 9.94. The van der Waals surface area contributed by atoms with E-state index in [-0.39, 0.29) is 0 Å². The Balaban J connectivity index is 1.68. The van der Waals surface area contributed by atoms with Crippen molar-refractivity contribution in [2.45, 2.75) is 31.8 Å². The topological polar surface area (TPSA) is 30.4 Å². The van der Waals surface area contributed by atoms with Crippen LogP contribution >= 0.6 is 0 Å². The van der Waals surface area contributed by atoms with Crippen LogP contribution in [0.25, 0.3) is 22.8 Å².